The van der Waals surface area contributed by atoms with Crippen molar-refractivity contribution in [3.8, 4) is 0 Å². The van der Waals surface area contributed by atoms with Crippen LogP contribution < -0.4 is 5.32 Å². The fraction of sp³-hybridized carbons (Fsp3) is 0.545. The highest BCUT2D eigenvalue weighted by Gasteiger charge is 2.12. The summed E-state index contributed by atoms with van der Waals surface area (Å²) in [4.78, 5) is 0. The van der Waals surface area contributed by atoms with E-state index in [1.165, 1.54) is 0 Å². The maximum Gasteiger partial charge on any atom is 0.113 e. The molecule has 1 N–H and O–H groups in total. The van der Waals surface area contributed by atoms with Crippen molar-refractivity contribution < 1.29 is 4.48 Å². The first-order valence-corrected chi connectivity index (χ1v) is 4.48. The summed E-state index contributed by atoms with van der Waals surface area (Å²) in [5, 5.41) is 3.05. The van der Waals surface area contributed by atoms with E-state index in [0.717, 1.165) is 22.3 Å². The smallest absolute Gasteiger partial charge is 0.113 e. The molecule has 2 heteroatoms. The van der Waals surface area contributed by atoms with E-state index in [1.54, 1.807) is 0 Å². The standard InChI is InChI=1S/C11H21N2/c1-7-8-11(10(2)12-3)9-13(4,5)6/h7,12H,2,9H2,1,3-6H3/q+1. The van der Waals surface area contributed by atoms with Gasteiger partial charge in [0.2, 0.25) is 0 Å². The van der Waals surface area contributed by atoms with Gasteiger partial charge in [0, 0.05) is 12.7 Å². The largest absolute Gasteiger partial charge is 0.388 e. The van der Waals surface area contributed by atoms with Gasteiger partial charge in [-0.15, -0.1) is 5.73 Å². The SMILES string of the molecule is C=C(NC)C(=C=CC)C[N+](C)(C)C. The van der Waals surface area contributed by atoms with E-state index in [9.17, 15) is 0 Å². The summed E-state index contributed by atoms with van der Waals surface area (Å²) in [6, 6.07) is 0. The van der Waals surface area contributed by atoms with Crippen molar-refractivity contribution in [1.29, 1.82) is 0 Å². The first-order valence-electron chi connectivity index (χ1n) is 4.48. The number of quaternary nitrogens is 1. The van der Waals surface area contributed by atoms with E-state index in [2.05, 4.69) is 38.8 Å². The first-order chi connectivity index (χ1) is 5.90. The molecule has 0 aromatic heterocycles. The molecule has 0 saturated heterocycles. The van der Waals surface area contributed by atoms with Gasteiger partial charge in [-0.3, -0.25) is 0 Å². The van der Waals surface area contributed by atoms with Gasteiger partial charge in [-0.05, 0) is 13.0 Å². The molecule has 0 aliphatic carbocycles. The zero-order valence-corrected chi connectivity index (χ0v) is 9.44. The van der Waals surface area contributed by atoms with Gasteiger partial charge in [-0.25, -0.2) is 0 Å². The molecule has 0 fully saturated rings. The Kier molecular flexibility index (Phi) is 4.53. The fourth-order valence-electron chi connectivity index (χ4n) is 1.03. The highest BCUT2D eigenvalue weighted by atomic mass is 15.3. The predicted octanol–water partition coefficient (Wildman–Crippen LogP) is 1.53. The molecule has 13 heavy (non-hydrogen) atoms. The third-order valence-electron chi connectivity index (χ3n) is 1.62. The molecule has 0 rings (SSSR count). The molecule has 0 aromatic rings. The molecule has 0 unspecified atom stereocenters. The Balaban J connectivity index is 4.67. The first kappa shape index (κ1) is 12.0. The molecule has 0 heterocycles. The second kappa shape index (κ2) is 4.90. The van der Waals surface area contributed by atoms with Gasteiger partial charge in [-0.1, -0.05) is 6.58 Å². The summed E-state index contributed by atoms with van der Waals surface area (Å²) in [5.74, 6) is 0. The van der Waals surface area contributed by atoms with Crippen LogP contribution in [0.4, 0.5) is 0 Å². The van der Waals surface area contributed by atoms with E-state index in [-0.39, 0.29) is 0 Å². The quantitative estimate of drug-likeness (QED) is 0.394. The third kappa shape index (κ3) is 5.29. The second-order valence-electron chi connectivity index (χ2n) is 4.09. The van der Waals surface area contributed by atoms with Gasteiger partial charge < -0.3 is 9.80 Å². The number of nitrogens with one attached hydrogen (secondary N) is 1. The Bertz CT molecular complexity index is 237. The highest BCUT2D eigenvalue weighted by Crippen LogP contribution is 2.06. The van der Waals surface area contributed by atoms with Crippen LogP contribution in [0, 0.1) is 0 Å². The van der Waals surface area contributed by atoms with Gasteiger partial charge >= 0.3 is 0 Å². The van der Waals surface area contributed by atoms with E-state index < -0.39 is 0 Å². The molecule has 0 radical (unpaired) electrons. The number of hydrogen-bond acceptors (Lipinski definition) is 1. The maximum absolute atomic E-state index is 3.94. The van der Waals surface area contributed by atoms with Crippen LogP contribution in [0.25, 0.3) is 0 Å². The maximum atomic E-state index is 3.94. The summed E-state index contributed by atoms with van der Waals surface area (Å²) >= 11 is 0. The van der Waals surface area contributed by atoms with Crippen molar-refractivity contribution in [2.75, 3.05) is 34.7 Å². The molecule has 0 spiro atoms. The predicted molar refractivity (Wildman–Crippen MR) is 58.4 cm³/mol. The van der Waals surface area contributed by atoms with Crippen molar-refractivity contribution in [2.24, 2.45) is 0 Å². The number of rotatable bonds is 4. The molecule has 0 atom stereocenters. The van der Waals surface area contributed by atoms with Crippen molar-refractivity contribution in [2.45, 2.75) is 6.92 Å². The topological polar surface area (TPSA) is 12.0 Å². The van der Waals surface area contributed by atoms with Crippen molar-refractivity contribution >= 4 is 0 Å². The average Bonchev–Trinajstić information content (AvgIpc) is 2.00. The van der Waals surface area contributed by atoms with Crippen LogP contribution in [0.3, 0.4) is 0 Å². The molecule has 0 aliphatic heterocycles. The van der Waals surface area contributed by atoms with Gasteiger partial charge in [0.05, 0.1) is 26.7 Å². The lowest BCUT2D eigenvalue weighted by molar-refractivity contribution is -0.865. The lowest BCUT2D eigenvalue weighted by Gasteiger charge is -2.25. The zero-order valence-electron chi connectivity index (χ0n) is 9.44. The molecule has 2 nitrogen and oxygen atoms in total. The van der Waals surface area contributed by atoms with Crippen LogP contribution in [0.1, 0.15) is 6.92 Å². The fourth-order valence-corrected chi connectivity index (χ4v) is 1.03. The Morgan fingerprint density at radius 1 is 1.46 bits per heavy atom. The number of hydrogen-bond donors (Lipinski definition) is 1. The Morgan fingerprint density at radius 3 is 2.31 bits per heavy atom. The number of likely N-dealkylation sites (N-methyl/N-ethyl adjacent to an activating group) is 2. The van der Waals surface area contributed by atoms with Crippen molar-refractivity contribution in [1.82, 2.24) is 5.32 Å². The minimum atomic E-state index is 0.886. The van der Waals surface area contributed by atoms with E-state index >= 15 is 0 Å². The van der Waals surface area contributed by atoms with Gasteiger partial charge in [0.1, 0.15) is 6.54 Å². The van der Waals surface area contributed by atoms with Crippen LogP contribution in [0.15, 0.2) is 29.7 Å². The summed E-state index contributed by atoms with van der Waals surface area (Å²) in [7, 11) is 8.34. The monoisotopic (exact) mass is 181 g/mol. The number of nitrogens with zero attached hydrogens (tertiary/aromatic N) is 1. The minimum absolute atomic E-state index is 0.886. The molecule has 0 bridgehead atoms. The van der Waals surface area contributed by atoms with Crippen LogP contribution >= 0.6 is 0 Å². The normalized spacial score (nSPS) is 10.2. The summed E-state index contributed by atoms with van der Waals surface area (Å²) in [5.41, 5.74) is 5.29. The Morgan fingerprint density at radius 2 is 2.00 bits per heavy atom. The Hall–Kier alpha value is -0.980. The summed E-state index contributed by atoms with van der Waals surface area (Å²) in [6.45, 7) is 6.84. The van der Waals surface area contributed by atoms with E-state index in [1.807, 2.05) is 20.0 Å². The summed E-state index contributed by atoms with van der Waals surface area (Å²) in [6.07, 6.45) is 1.92. The zero-order chi connectivity index (χ0) is 10.5. The molecule has 0 saturated carbocycles. The molecular formula is C11H21N2+. The van der Waals surface area contributed by atoms with Crippen LogP contribution in [-0.4, -0.2) is 39.2 Å². The summed E-state index contributed by atoms with van der Waals surface area (Å²) < 4.78 is 0.886. The van der Waals surface area contributed by atoms with Crippen LogP contribution in [0.2, 0.25) is 0 Å². The average molecular weight is 181 g/mol. The lowest BCUT2D eigenvalue weighted by atomic mass is 10.2. The molecule has 0 aliphatic rings. The van der Waals surface area contributed by atoms with Gasteiger partial charge in [0.15, 0.2) is 0 Å². The minimum Gasteiger partial charge on any atom is -0.388 e. The van der Waals surface area contributed by atoms with E-state index in [0.29, 0.717) is 0 Å². The molecule has 0 amide bonds. The second-order valence-corrected chi connectivity index (χ2v) is 4.09. The Labute approximate surface area is 81.8 Å². The molecular weight excluding hydrogens is 160 g/mol. The van der Waals surface area contributed by atoms with Crippen molar-refractivity contribution in [3.63, 3.8) is 0 Å². The van der Waals surface area contributed by atoms with Crippen LogP contribution in [0.5, 0.6) is 0 Å². The lowest BCUT2D eigenvalue weighted by Crippen LogP contribution is -2.37. The highest BCUT2D eigenvalue weighted by molar-refractivity contribution is 5.26. The molecule has 0 aromatic carbocycles. The van der Waals surface area contributed by atoms with E-state index in [4.69, 9.17) is 0 Å². The van der Waals surface area contributed by atoms with Crippen LogP contribution in [-0.2, 0) is 0 Å². The molecule has 74 valence electrons. The van der Waals surface area contributed by atoms with Gasteiger partial charge in [-0.2, -0.15) is 0 Å². The third-order valence-corrected chi connectivity index (χ3v) is 1.62. The van der Waals surface area contributed by atoms with Crippen molar-refractivity contribution in [3.05, 3.63) is 29.7 Å². The van der Waals surface area contributed by atoms with Gasteiger partial charge in [0.25, 0.3) is 0 Å².